The van der Waals surface area contributed by atoms with Crippen LogP contribution in [0.1, 0.15) is 16.7 Å². The van der Waals surface area contributed by atoms with Gasteiger partial charge in [-0.1, -0.05) is 47.5 Å². The topological polar surface area (TPSA) is 26.3 Å². The van der Waals surface area contributed by atoms with E-state index in [1.165, 1.54) is 11.1 Å². The summed E-state index contributed by atoms with van der Waals surface area (Å²) in [5, 5.41) is 0. The Labute approximate surface area is 117 Å². The summed E-state index contributed by atoms with van der Waals surface area (Å²) in [7, 11) is 0. The minimum absolute atomic E-state index is 0.462. The van der Waals surface area contributed by atoms with Crippen LogP contribution >= 0.6 is 0 Å². The van der Waals surface area contributed by atoms with E-state index in [-0.39, 0.29) is 0 Å². The Bertz CT molecular complexity index is 544. The molecule has 2 aromatic rings. The molecule has 19 heavy (non-hydrogen) atoms. The molecule has 0 saturated heterocycles. The molecule has 0 fully saturated rings. The van der Waals surface area contributed by atoms with Gasteiger partial charge in [-0.25, -0.2) is 4.21 Å². The van der Waals surface area contributed by atoms with Crippen molar-refractivity contribution in [3.8, 4) is 0 Å². The van der Waals surface area contributed by atoms with Gasteiger partial charge in [0.1, 0.15) is 0 Å². The molecule has 100 valence electrons. The van der Waals surface area contributed by atoms with E-state index in [1.807, 2.05) is 31.2 Å². The van der Waals surface area contributed by atoms with Crippen LogP contribution in [0.4, 0.5) is 0 Å². The Hall–Kier alpha value is -1.45. The lowest BCUT2D eigenvalue weighted by Crippen LogP contribution is -2.02. The van der Waals surface area contributed by atoms with Gasteiger partial charge < -0.3 is 0 Å². The third kappa shape index (κ3) is 4.30. The van der Waals surface area contributed by atoms with E-state index in [2.05, 4.69) is 31.2 Å². The number of hydrogen-bond donors (Lipinski definition) is 0. The second-order valence-corrected chi connectivity index (χ2v) is 5.78. The van der Waals surface area contributed by atoms with Crippen molar-refractivity contribution in [2.75, 3.05) is 6.61 Å². The third-order valence-corrected chi connectivity index (χ3v) is 3.95. The second kappa shape index (κ2) is 6.64. The molecule has 1 unspecified atom stereocenters. The molecule has 1 atom stereocenters. The van der Waals surface area contributed by atoms with Crippen LogP contribution in [0.15, 0.2) is 53.4 Å². The van der Waals surface area contributed by atoms with E-state index in [4.69, 9.17) is 4.18 Å². The molecule has 2 rings (SSSR count). The fourth-order valence-corrected chi connectivity index (χ4v) is 2.44. The van der Waals surface area contributed by atoms with Crippen LogP contribution in [0.3, 0.4) is 0 Å². The molecule has 0 radical (unpaired) electrons. The molecule has 0 aliphatic carbocycles. The summed E-state index contributed by atoms with van der Waals surface area (Å²) in [5.74, 6) is 0. The molecule has 0 amide bonds. The fourth-order valence-electron chi connectivity index (χ4n) is 1.71. The quantitative estimate of drug-likeness (QED) is 0.833. The van der Waals surface area contributed by atoms with Crippen molar-refractivity contribution in [1.29, 1.82) is 0 Å². The minimum Gasteiger partial charge on any atom is -0.286 e. The molecular weight excluding hydrogens is 256 g/mol. The van der Waals surface area contributed by atoms with Crippen LogP contribution in [0.25, 0.3) is 0 Å². The highest BCUT2D eigenvalue weighted by atomic mass is 32.2. The lowest BCUT2D eigenvalue weighted by atomic mass is 10.1. The lowest BCUT2D eigenvalue weighted by Gasteiger charge is -2.04. The van der Waals surface area contributed by atoms with E-state index in [9.17, 15) is 4.21 Å². The summed E-state index contributed by atoms with van der Waals surface area (Å²) in [5.41, 5.74) is 3.60. The van der Waals surface area contributed by atoms with Gasteiger partial charge in [0.05, 0.1) is 11.5 Å². The van der Waals surface area contributed by atoms with Crippen molar-refractivity contribution in [3.05, 3.63) is 65.2 Å². The predicted octanol–water partition coefficient (Wildman–Crippen LogP) is 3.59. The van der Waals surface area contributed by atoms with Gasteiger partial charge in [-0.15, -0.1) is 0 Å². The Kier molecular flexibility index (Phi) is 4.88. The number of rotatable bonds is 5. The van der Waals surface area contributed by atoms with E-state index in [1.54, 1.807) is 0 Å². The molecule has 3 heteroatoms. The third-order valence-electron chi connectivity index (χ3n) is 2.92. The normalized spacial score (nSPS) is 12.3. The average Bonchev–Trinajstić information content (AvgIpc) is 2.41. The van der Waals surface area contributed by atoms with Crippen LogP contribution in [-0.4, -0.2) is 10.8 Å². The Balaban J connectivity index is 1.84. The van der Waals surface area contributed by atoms with Crippen molar-refractivity contribution >= 4 is 11.1 Å². The summed E-state index contributed by atoms with van der Waals surface area (Å²) >= 11 is -1.37. The van der Waals surface area contributed by atoms with E-state index in [0.29, 0.717) is 6.61 Å². The maximum absolute atomic E-state index is 11.9. The fraction of sp³-hybridized carbons (Fsp3) is 0.250. The number of benzene rings is 2. The summed E-state index contributed by atoms with van der Waals surface area (Å²) in [6.07, 6.45) is 0.776. The van der Waals surface area contributed by atoms with Gasteiger partial charge >= 0.3 is 0 Å². The van der Waals surface area contributed by atoms with Gasteiger partial charge in [0.2, 0.25) is 0 Å². The molecular formula is C16H18O2S. The zero-order valence-corrected chi connectivity index (χ0v) is 12.1. The monoisotopic (exact) mass is 274 g/mol. The zero-order chi connectivity index (χ0) is 13.7. The zero-order valence-electron chi connectivity index (χ0n) is 11.3. The number of hydrogen-bond acceptors (Lipinski definition) is 2. The molecule has 0 aliphatic heterocycles. The number of aryl methyl sites for hydroxylation is 2. The lowest BCUT2D eigenvalue weighted by molar-refractivity contribution is 0.352. The van der Waals surface area contributed by atoms with Gasteiger partial charge in [0.25, 0.3) is 0 Å². The van der Waals surface area contributed by atoms with Crippen LogP contribution in [0.5, 0.6) is 0 Å². The van der Waals surface area contributed by atoms with Crippen LogP contribution in [0, 0.1) is 13.8 Å². The van der Waals surface area contributed by atoms with Crippen LogP contribution < -0.4 is 0 Å². The maximum Gasteiger partial charge on any atom is 0.189 e. The van der Waals surface area contributed by atoms with Crippen molar-refractivity contribution in [2.45, 2.75) is 25.2 Å². The Morgan fingerprint density at radius 2 is 1.42 bits per heavy atom. The molecule has 2 aromatic carbocycles. The van der Waals surface area contributed by atoms with Gasteiger partial charge in [-0.05, 0) is 38.0 Å². The van der Waals surface area contributed by atoms with E-state index in [0.717, 1.165) is 16.9 Å². The predicted molar refractivity (Wildman–Crippen MR) is 78.4 cm³/mol. The Morgan fingerprint density at radius 3 is 2.00 bits per heavy atom. The summed E-state index contributed by atoms with van der Waals surface area (Å²) < 4.78 is 17.3. The molecule has 0 saturated carbocycles. The first-order valence-corrected chi connectivity index (χ1v) is 7.40. The van der Waals surface area contributed by atoms with E-state index >= 15 is 0 Å². The van der Waals surface area contributed by atoms with Crippen molar-refractivity contribution in [1.82, 2.24) is 0 Å². The molecule has 0 aliphatic rings. The van der Waals surface area contributed by atoms with Gasteiger partial charge in [-0.3, -0.25) is 4.18 Å². The summed E-state index contributed by atoms with van der Waals surface area (Å²) in [6, 6.07) is 15.9. The Morgan fingerprint density at radius 1 is 0.895 bits per heavy atom. The molecule has 0 aromatic heterocycles. The van der Waals surface area contributed by atoms with Crippen LogP contribution in [-0.2, 0) is 21.7 Å². The van der Waals surface area contributed by atoms with Gasteiger partial charge in [-0.2, -0.15) is 0 Å². The minimum atomic E-state index is -1.37. The van der Waals surface area contributed by atoms with Gasteiger partial charge in [0.15, 0.2) is 11.1 Å². The molecule has 0 heterocycles. The van der Waals surface area contributed by atoms with Crippen LogP contribution in [0.2, 0.25) is 0 Å². The summed E-state index contributed by atoms with van der Waals surface area (Å²) in [6.45, 7) is 4.53. The average molecular weight is 274 g/mol. The highest BCUT2D eigenvalue weighted by Gasteiger charge is 2.04. The highest BCUT2D eigenvalue weighted by molar-refractivity contribution is 7.80. The first-order chi connectivity index (χ1) is 9.15. The van der Waals surface area contributed by atoms with Crippen molar-refractivity contribution in [2.24, 2.45) is 0 Å². The smallest absolute Gasteiger partial charge is 0.189 e. The molecule has 0 spiro atoms. The van der Waals surface area contributed by atoms with Crippen molar-refractivity contribution in [3.63, 3.8) is 0 Å². The largest absolute Gasteiger partial charge is 0.286 e. The first kappa shape index (κ1) is 14.0. The standard InChI is InChI=1S/C16H18O2S/c1-13-3-7-15(8-4-13)11-12-18-19(17)16-9-5-14(2)6-10-16/h3-10H,11-12H2,1-2H3. The van der Waals surface area contributed by atoms with E-state index < -0.39 is 11.1 Å². The molecule has 0 N–H and O–H groups in total. The first-order valence-electron chi connectivity index (χ1n) is 6.32. The molecule has 0 bridgehead atoms. The maximum atomic E-state index is 11.9. The van der Waals surface area contributed by atoms with Gasteiger partial charge in [0, 0.05) is 0 Å². The van der Waals surface area contributed by atoms with Crippen molar-refractivity contribution < 1.29 is 8.39 Å². The molecule has 2 nitrogen and oxygen atoms in total. The second-order valence-electron chi connectivity index (χ2n) is 4.61. The highest BCUT2D eigenvalue weighted by Crippen LogP contribution is 2.10. The SMILES string of the molecule is Cc1ccc(CCOS(=O)c2ccc(C)cc2)cc1. The summed E-state index contributed by atoms with van der Waals surface area (Å²) in [4.78, 5) is 0.717.